The van der Waals surface area contributed by atoms with Crippen molar-refractivity contribution in [2.75, 3.05) is 26.4 Å². The average Bonchev–Trinajstić information content (AvgIpc) is 3.51. The predicted octanol–water partition coefficient (Wildman–Crippen LogP) is 8.37. The Kier molecular flexibility index (Phi) is 33.6. The second-order valence-corrected chi connectivity index (χ2v) is 18.4. The highest BCUT2D eigenvalue weighted by Gasteiger charge is 2.39. The van der Waals surface area contributed by atoms with Gasteiger partial charge in [-0.3, -0.25) is 28.0 Å². The van der Waals surface area contributed by atoms with E-state index < -0.39 is 90.3 Å². The molecule has 1 aliphatic rings. The molecule has 1 rings (SSSR count). The fourth-order valence-electron chi connectivity index (χ4n) is 6.44. The van der Waals surface area contributed by atoms with Crippen LogP contribution in [0, 0.1) is 11.8 Å². The molecule has 0 amide bonds. The SMILES string of the molecule is CC/C=C\C/C=C\C/C=C\C/C=C\CCCCCCC(=O)OC[C@H](COP(=O)(O)OC[C@@H](O)COP(=O)(O)O)OC(=O)CCC/C=C\C[C@H]1C(=O)C[C@@H](O)[C@@H]1/C=C/[C@@H](O)CCCCC. The van der Waals surface area contributed by atoms with E-state index in [2.05, 4.69) is 71.5 Å². The fourth-order valence-corrected chi connectivity index (χ4v) is 7.59. The van der Waals surface area contributed by atoms with E-state index in [1.54, 1.807) is 12.2 Å². The maximum Gasteiger partial charge on any atom is 0.472 e. The minimum Gasteiger partial charge on any atom is -0.462 e. The molecule has 18 heteroatoms. The molecule has 6 N–H and O–H groups in total. The first-order valence-corrected chi connectivity index (χ1v) is 25.8. The first-order chi connectivity index (χ1) is 30.6. The van der Waals surface area contributed by atoms with E-state index in [1.807, 2.05) is 12.2 Å². The van der Waals surface area contributed by atoms with E-state index in [0.29, 0.717) is 32.1 Å². The van der Waals surface area contributed by atoms with E-state index in [1.165, 1.54) is 0 Å². The van der Waals surface area contributed by atoms with Crippen LogP contribution in [-0.2, 0) is 46.6 Å². The van der Waals surface area contributed by atoms with Gasteiger partial charge in [0.25, 0.3) is 0 Å². The van der Waals surface area contributed by atoms with Gasteiger partial charge in [-0.25, -0.2) is 9.13 Å². The van der Waals surface area contributed by atoms with Crippen molar-refractivity contribution in [2.45, 2.75) is 160 Å². The van der Waals surface area contributed by atoms with Crippen molar-refractivity contribution in [1.29, 1.82) is 0 Å². The molecule has 0 radical (unpaired) electrons. The van der Waals surface area contributed by atoms with Gasteiger partial charge in [0.15, 0.2) is 6.10 Å². The van der Waals surface area contributed by atoms with Gasteiger partial charge in [0.2, 0.25) is 0 Å². The average molecular weight is 947 g/mol. The standard InChI is InChI=1S/C46H76O16P2/c1-3-5-7-8-9-10-11-12-13-14-15-16-17-18-19-20-25-29-45(51)58-36-40(37-61-64(56,57)60-35-39(48)34-59-63(53,54)55)62-46(52)30-26-22-21-24-28-41-42(44(50)33-43(41)49)32-31-38(47)27-23-6-4-2/h5,7,9-10,12-13,15-16,21,24,31-32,38-42,44,47-48,50H,3-4,6,8,11,14,17-20,22-23,25-30,33-37H2,1-2H3,(H,56,57)(H2,53,54,55)/b7-5-,10-9-,13-12-,16-15-,24-21-,32-31+/t38-,39-,40+,41+,42+,44+/m0/s1. The Morgan fingerprint density at radius 2 is 1.30 bits per heavy atom. The Labute approximate surface area is 380 Å². The monoisotopic (exact) mass is 946 g/mol. The zero-order chi connectivity index (χ0) is 47.5. The van der Waals surface area contributed by atoms with Gasteiger partial charge in [-0.15, -0.1) is 0 Å². The molecule has 0 aromatic heterocycles. The molecule has 7 atom stereocenters. The zero-order valence-corrected chi connectivity index (χ0v) is 39.6. The summed E-state index contributed by atoms with van der Waals surface area (Å²) in [4.78, 5) is 65.5. The van der Waals surface area contributed by atoms with Crippen LogP contribution >= 0.6 is 15.6 Å². The van der Waals surface area contributed by atoms with Crippen molar-refractivity contribution in [3.8, 4) is 0 Å². The highest BCUT2D eigenvalue weighted by molar-refractivity contribution is 7.47. The number of carbonyl (C=O) groups is 3. The van der Waals surface area contributed by atoms with Crippen molar-refractivity contribution in [3.05, 3.63) is 72.9 Å². The third kappa shape index (κ3) is 32.7. The number of Topliss-reactive ketones (excluding diaryl/α,β-unsaturated/α-hetero) is 1. The fraction of sp³-hybridized carbons (Fsp3) is 0.674. The summed E-state index contributed by atoms with van der Waals surface area (Å²) >= 11 is 0. The minimum atomic E-state index is -4.91. The number of phosphoric ester groups is 2. The Hall–Kier alpha value is -2.85. The predicted molar refractivity (Wildman–Crippen MR) is 244 cm³/mol. The lowest BCUT2D eigenvalue weighted by molar-refractivity contribution is -0.161. The molecule has 64 heavy (non-hydrogen) atoms. The Balaban J connectivity index is 2.59. The second-order valence-electron chi connectivity index (χ2n) is 15.7. The molecule has 0 aliphatic heterocycles. The lowest BCUT2D eigenvalue weighted by Gasteiger charge is -2.20. The molecule has 1 fully saturated rings. The summed E-state index contributed by atoms with van der Waals surface area (Å²) in [5.74, 6) is -2.15. The van der Waals surface area contributed by atoms with Crippen LogP contribution in [-0.4, -0.2) is 98.6 Å². The molecule has 1 saturated carbocycles. The van der Waals surface area contributed by atoms with Gasteiger partial charge in [-0.2, -0.15) is 0 Å². The number of allylic oxidation sites excluding steroid dienone is 10. The van der Waals surface area contributed by atoms with Crippen molar-refractivity contribution in [2.24, 2.45) is 11.8 Å². The quantitative estimate of drug-likeness (QED) is 0.0147. The van der Waals surface area contributed by atoms with Crippen molar-refractivity contribution < 1.29 is 76.6 Å². The van der Waals surface area contributed by atoms with Gasteiger partial charge < -0.3 is 39.5 Å². The lowest BCUT2D eigenvalue weighted by atomic mass is 9.90. The number of carbonyl (C=O) groups excluding carboxylic acids is 3. The maximum atomic E-state index is 12.8. The Morgan fingerprint density at radius 3 is 1.97 bits per heavy atom. The van der Waals surface area contributed by atoms with Crippen LogP contribution in [0.15, 0.2) is 72.9 Å². The molecule has 1 aliphatic carbocycles. The van der Waals surface area contributed by atoms with E-state index in [4.69, 9.17) is 23.8 Å². The Morgan fingerprint density at radius 1 is 0.703 bits per heavy atom. The van der Waals surface area contributed by atoms with E-state index in [0.717, 1.165) is 70.6 Å². The van der Waals surface area contributed by atoms with Crippen LogP contribution in [0.25, 0.3) is 0 Å². The number of aliphatic hydroxyl groups excluding tert-OH is 3. The molecule has 0 saturated heterocycles. The Bertz CT molecular complexity index is 1570. The summed E-state index contributed by atoms with van der Waals surface area (Å²) in [6.45, 7) is 1.19. The van der Waals surface area contributed by atoms with Gasteiger partial charge in [-0.05, 0) is 70.6 Å². The molecule has 0 heterocycles. The van der Waals surface area contributed by atoms with Crippen molar-refractivity contribution >= 4 is 33.4 Å². The summed E-state index contributed by atoms with van der Waals surface area (Å²) in [5, 5.41) is 30.5. The molecule has 0 bridgehead atoms. The number of esters is 2. The molecule has 16 nitrogen and oxygen atoms in total. The first-order valence-electron chi connectivity index (χ1n) is 22.7. The molecular formula is C46H76O16P2. The number of ether oxygens (including phenoxy) is 2. The molecule has 0 spiro atoms. The van der Waals surface area contributed by atoms with Gasteiger partial charge in [0.1, 0.15) is 18.5 Å². The smallest absolute Gasteiger partial charge is 0.462 e. The highest BCUT2D eigenvalue weighted by Crippen LogP contribution is 2.44. The molecule has 1 unspecified atom stereocenters. The third-order valence-corrected chi connectivity index (χ3v) is 11.4. The summed E-state index contributed by atoms with van der Waals surface area (Å²) < 4.78 is 47.8. The second kappa shape index (κ2) is 36.3. The summed E-state index contributed by atoms with van der Waals surface area (Å²) in [6.07, 6.45) is 32.6. The normalized spacial score (nSPS) is 19.8. The van der Waals surface area contributed by atoms with Crippen LogP contribution < -0.4 is 0 Å². The number of aliphatic hydroxyl groups is 3. The van der Waals surface area contributed by atoms with Crippen LogP contribution in [0.4, 0.5) is 0 Å². The molecule has 0 aromatic rings. The van der Waals surface area contributed by atoms with Gasteiger partial charge in [0, 0.05) is 31.1 Å². The molecule has 0 aromatic carbocycles. The third-order valence-electron chi connectivity index (χ3n) is 9.94. The van der Waals surface area contributed by atoms with Gasteiger partial charge in [-0.1, -0.05) is 119 Å². The van der Waals surface area contributed by atoms with E-state index in [9.17, 15) is 43.7 Å². The number of hydrogen-bond acceptors (Lipinski definition) is 13. The summed E-state index contributed by atoms with van der Waals surface area (Å²) in [5.41, 5.74) is 0. The minimum absolute atomic E-state index is 0.0490. The van der Waals surface area contributed by atoms with E-state index in [-0.39, 0.29) is 25.0 Å². The molecular weight excluding hydrogens is 870 g/mol. The van der Waals surface area contributed by atoms with Crippen LogP contribution in [0.1, 0.15) is 136 Å². The lowest BCUT2D eigenvalue weighted by Crippen LogP contribution is -2.29. The number of rotatable bonds is 38. The van der Waals surface area contributed by atoms with Crippen LogP contribution in [0.2, 0.25) is 0 Å². The molecule has 366 valence electrons. The summed E-state index contributed by atoms with van der Waals surface area (Å²) in [6, 6.07) is 0. The van der Waals surface area contributed by atoms with Crippen LogP contribution in [0.5, 0.6) is 0 Å². The van der Waals surface area contributed by atoms with Gasteiger partial charge >= 0.3 is 27.6 Å². The topological polar surface area (TPSA) is 253 Å². The van der Waals surface area contributed by atoms with E-state index >= 15 is 0 Å². The van der Waals surface area contributed by atoms with Gasteiger partial charge in [0.05, 0.1) is 32.0 Å². The maximum absolute atomic E-state index is 12.8. The number of unbranched alkanes of at least 4 members (excludes halogenated alkanes) is 7. The number of ketones is 1. The highest BCUT2D eigenvalue weighted by atomic mass is 31.2. The number of phosphoric acid groups is 2. The summed E-state index contributed by atoms with van der Waals surface area (Å²) in [7, 11) is -9.80. The van der Waals surface area contributed by atoms with Crippen molar-refractivity contribution in [1.82, 2.24) is 0 Å². The number of hydrogen-bond donors (Lipinski definition) is 6. The largest absolute Gasteiger partial charge is 0.472 e. The zero-order valence-electron chi connectivity index (χ0n) is 37.8. The first kappa shape index (κ1) is 59.2. The van der Waals surface area contributed by atoms with Crippen molar-refractivity contribution in [3.63, 3.8) is 0 Å². The van der Waals surface area contributed by atoms with Crippen LogP contribution in [0.3, 0.4) is 0 Å².